The Hall–Kier alpha value is -3.40. The lowest BCUT2D eigenvalue weighted by Gasteiger charge is -2.17. The predicted octanol–water partition coefficient (Wildman–Crippen LogP) is 2.90. The molecule has 2 aromatic rings. The maximum absolute atomic E-state index is 13.1. The van der Waals surface area contributed by atoms with Gasteiger partial charge in [-0.15, -0.1) is 0 Å². The number of ether oxygens (including phenoxy) is 1. The molecule has 0 bridgehead atoms. The minimum atomic E-state index is -4.05. The van der Waals surface area contributed by atoms with E-state index in [1.54, 1.807) is 46.0 Å². The predicted molar refractivity (Wildman–Crippen MR) is 117 cm³/mol. The van der Waals surface area contributed by atoms with Crippen LogP contribution in [0.2, 0.25) is 0 Å². The Morgan fingerprint density at radius 1 is 1.30 bits per heavy atom. The number of carbonyl (C=O) groups is 1. The molecule has 0 saturated carbocycles. The number of carbonyl (C=O) groups excluding carboxylic acids is 1. The van der Waals surface area contributed by atoms with Crippen molar-refractivity contribution in [3.63, 3.8) is 0 Å². The zero-order valence-corrected chi connectivity index (χ0v) is 18.4. The first kappa shape index (κ1) is 22.9. The van der Waals surface area contributed by atoms with E-state index in [-0.39, 0.29) is 22.2 Å². The van der Waals surface area contributed by atoms with Crippen molar-refractivity contribution in [2.24, 2.45) is 5.10 Å². The second-order valence-electron chi connectivity index (χ2n) is 6.40. The summed E-state index contributed by atoms with van der Waals surface area (Å²) < 4.78 is 33.9. The lowest BCUT2D eigenvalue weighted by atomic mass is 10.1. The largest absolute Gasteiger partial charge is 0.480 e. The number of nitrogens with zero attached hydrogens (tertiary/aromatic N) is 3. The molecule has 0 aliphatic heterocycles. The number of hydrogen-bond acceptors (Lipinski definition) is 7. The van der Waals surface area contributed by atoms with Crippen molar-refractivity contribution in [2.75, 3.05) is 24.2 Å². The minimum Gasteiger partial charge on any atom is -0.480 e. The van der Waals surface area contributed by atoms with E-state index >= 15 is 0 Å². The molecule has 1 aromatic carbocycles. The Labute approximate surface area is 176 Å². The number of likely N-dealkylation sites (N-methyl/N-ethyl adjacent to an activating group) is 1. The molecule has 0 aliphatic rings. The van der Waals surface area contributed by atoms with Gasteiger partial charge in [0.1, 0.15) is 5.70 Å². The van der Waals surface area contributed by atoms with Crippen molar-refractivity contribution in [2.45, 2.75) is 25.7 Å². The highest BCUT2D eigenvalue weighted by atomic mass is 32.2. The minimum absolute atomic E-state index is 0.0946. The van der Waals surface area contributed by atoms with Crippen molar-refractivity contribution in [3.8, 4) is 5.88 Å². The van der Waals surface area contributed by atoms with Gasteiger partial charge in [0.05, 0.1) is 24.7 Å². The molecule has 0 fully saturated rings. The molecule has 30 heavy (non-hydrogen) atoms. The fourth-order valence-electron chi connectivity index (χ4n) is 2.75. The molecule has 1 amide bonds. The van der Waals surface area contributed by atoms with Crippen LogP contribution >= 0.6 is 0 Å². The first-order chi connectivity index (χ1) is 14.1. The van der Waals surface area contributed by atoms with E-state index in [1.165, 1.54) is 24.4 Å². The third-order valence-corrected chi connectivity index (χ3v) is 5.69. The van der Waals surface area contributed by atoms with Crippen molar-refractivity contribution in [1.29, 1.82) is 0 Å². The molecule has 1 aromatic heterocycles. The summed E-state index contributed by atoms with van der Waals surface area (Å²) in [6, 6.07) is 6.74. The highest BCUT2D eigenvalue weighted by molar-refractivity contribution is 7.92. The van der Waals surface area contributed by atoms with Crippen LogP contribution in [0.5, 0.6) is 5.88 Å². The van der Waals surface area contributed by atoms with Gasteiger partial charge in [-0.25, -0.2) is 13.4 Å². The Balaban J connectivity index is 2.43. The summed E-state index contributed by atoms with van der Waals surface area (Å²) in [5.74, 6) is -0.590. The summed E-state index contributed by atoms with van der Waals surface area (Å²) >= 11 is 0. The average Bonchev–Trinajstić information content (AvgIpc) is 2.71. The SMILES string of the molecule is C=NN(C)/C(=C\C)C(=O)Nc1cnc(OC)c(S(=O)(=O)Nc2c(C)cccc2C)c1. The second kappa shape index (κ2) is 9.40. The molecule has 0 spiro atoms. The number of aromatic nitrogens is 1. The number of hydrogen-bond donors (Lipinski definition) is 2. The molecular formula is C20H25N5O4S. The number of benzene rings is 1. The molecule has 160 valence electrons. The van der Waals surface area contributed by atoms with Gasteiger partial charge in [-0.2, -0.15) is 5.10 Å². The van der Waals surface area contributed by atoms with E-state index in [0.717, 1.165) is 11.1 Å². The Bertz CT molecular complexity index is 1080. The lowest BCUT2D eigenvalue weighted by molar-refractivity contribution is -0.114. The molecule has 0 unspecified atom stereocenters. The number of para-hydroxylation sites is 1. The van der Waals surface area contributed by atoms with E-state index in [1.807, 2.05) is 6.07 Å². The molecule has 10 heteroatoms. The van der Waals surface area contributed by atoms with Crippen LogP contribution in [0, 0.1) is 13.8 Å². The van der Waals surface area contributed by atoms with Crippen LogP contribution in [0.1, 0.15) is 18.1 Å². The number of pyridine rings is 1. The monoisotopic (exact) mass is 431 g/mol. The summed E-state index contributed by atoms with van der Waals surface area (Å²) in [5.41, 5.74) is 2.43. The summed E-state index contributed by atoms with van der Waals surface area (Å²) in [5, 5.41) is 7.59. The molecule has 1 heterocycles. The van der Waals surface area contributed by atoms with Gasteiger partial charge in [0.15, 0.2) is 4.90 Å². The first-order valence-corrected chi connectivity index (χ1v) is 10.4. The fourth-order valence-corrected chi connectivity index (χ4v) is 4.10. The van der Waals surface area contributed by atoms with Gasteiger partial charge < -0.3 is 10.1 Å². The number of hydrazone groups is 1. The number of rotatable bonds is 8. The fraction of sp³-hybridized carbons (Fsp3) is 0.250. The van der Waals surface area contributed by atoms with Gasteiger partial charge in [0, 0.05) is 13.8 Å². The van der Waals surface area contributed by atoms with E-state index in [0.29, 0.717) is 5.69 Å². The van der Waals surface area contributed by atoms with Crippen molar-refractivity contribution >= 4 is 34.0 Å². The third kappa shape index (κ3) is 4.95. The smallest absolute Gasteiger partial charge is 0.273 e. The van der Waals surface area contributed by atoms with Crippen LogP contribution < -0.4 is 14.8 Å². The summed E-state index contributed by atoms with van der Waals surface area (Å²) in [7, 11) is -1.16. The number of aryl methyl sites for hydroxylation is 2. The summed E-state index contributed by atoms with van der Waals surface area (Å²) in [6.45, 7) is 8.67. The van der Waals surface area contributed by atoms with E-state index in [9.17, 15) is 13.2 Å². The Morgan fingerprint density at radius 3 is 2.47 bits per heavy atom. The van der Waals surface area contributed by atoms with Gasteiger partial charge in [-0.3, -0.25) is 14.5 Å². The zero-order chi connectivity index (χ0) is 22.5. The quantitative estimate of drug-likeness (QED) is 0.377. The van der Waals surface area contributed by atoms with Crippen LogP contribution in [0.3, 0.4) is 0 Å². The van der Waals surface area contributed by atoms with Gasteiger partial charge in [-0.05, 0) is 38.0 Å². The van der Waals surface area contributed by atoms with Gasteiger partial charge in [0.2, 0.25) is 5.88 Å². The molecule has 2 rings (SSSR count). The maximum Gasteiger partial charge on any atom is 0.273 e. The molecule has 2 N–H and O–H groups in total. The highest BCUT2D eigenvalue weighted by Crippen LogP contribution is 2.29. The molecular weight excluding hydrogens is 406 g/mol. The van der Waals surface area contributed by atoms with Crippen LogP contribution in [-0.4, -0.2) is 45.2 Å². The topological polar surface area (TPSA) is 113 Å². The van der Waals surface area contributed by atoms with Crippen molar-refractivity contribution in [1.82, 2.24) is 9.99 Å². The number of nitrogens with one attached hydrogen (secondary N) is 2. The van der Waals surface area contributed by atoms with Crippen LogP contribution in [-0.2, 0) is 14.8 Å². The number of methoxy groups -OCH3 is 1. The molecule has 9 nitrogen and oxygen atoms in total. The molecule has 0 aliphatic carbocycles. The summed E-state index contributed by atoms with van der Waals surface area (Å²) in [4.78, 5) is 16.3. The van der Waals surface area contributed by atoms with Gasteiger partial charge in [-0.1, -0.05) is 24.3 Å². The van der Waals surface area contributed by atoms with Crippen molar-refractivity contribution < 1.29 is 17.9 Å². The molecule has 0 radical (unpaired) electrons. The van der Waals surface area contributed by atoms with Gasteiger partial charge >= 0.3 is 0 Å². The molecule has 0 saturated heterocycles. The zero-order valence-electron chi connectivity index (χ0n) is 17.6. The van der Waals surface area contributed by atoms with Crippen LogP contribution in [0.25, 0.3) is 0 Å². The van der Waals surface area contributed by atoms with Crippen LogP contribution in [0.15, 0.2) is 52.2 Å². The van der Waals surface area contributed by atoms with E-state index in [4.69, 9.17) is 4.74 Å². The van der Waals surface area contributed by atoms with Gasteiger partial charge in [0.25, 0.3) is 15.9 Å². The highest BCUT2D eigenvalue weighted by Gasteiger charge is 2.24. The van der Waals surface area contributed by atoms with Crippen molar-refractivity contribution in [3.05, 3.63) is 53.4 Å². The first-order valence-electron chi connectivity index (χ1n) is 8.95. The summed E-state index contributed by atoms with van der Waals surface area (Å²) in [6.07, 6.45) is 2.87. The Morgan fingerprint density at radius 2 is 1.93 bits per heavy atom. The third-order valence-electron chi connectivity index (χ3n) is 4.34. The van der Waals surface area contributed by atoms with E-state index in [2.05, 4.69) is 26.8 Å². The second-order valence-corrected chi connectivity index (χ2v) is 8.05. The number of sulfonamides is 1. The standard InChI is InChI=1S/C20H25N5O4S/c1-7-16(25(5)21-4)19(26)23-15-11-17(20(29-6)22-12-15)30(27,28)24-18-13(2)9-8-10-14(18)3/h7-12,24H,4H2,1-3,5-6H3,(H,23,26)/b16-7-. The normalized spacial score (nSPS) is 11.6. The van der Waals surface area contributed by atoms with Crippen LogP contribution in [0.4, 0.5) is 11.4 Å². The number of amides is 1. The Kier molecular flexibility index (Phi) is 7.17. The lowest BCUT2D eigenvalue weighted by Crippen LogP contribution is -2.24. The van der Waals surface area contributed by atoms with E-state index < -0.39 is 15.9 Å². The maximum atomic E-state index is 13.1. The number of allylic oxidation sites excluding steroid dienone is 1. The average molecular weight is 432 g/mol. The molecule has 0 atom stereocenters. The number of anilines is 2.